The molecule has 16 heavy (non-hydrogen) atoms. The fourth-order valence-corrected chi connectivity index (χ4v) is 2.26. The maximum absolute atomic E-state index is 11.5. The van der Waals surface area contributed by atoms with Crippen LogP contribution >= 0.6 is 0 Å². The van der Waals surface area contributed by atoms with E-state index in [1.807, 2.05) is 19.1 Å². The zero-order valence-electron chi connectivity index (χ0n) is 9.19. The molecule has 1 aliphatic heterocycles. The molecule has 0 aliphatic carbocycles. The predicted molar refractivity (Wildman–Crippen MR) is 58.6 cm³/mol. The summed E-state index contributed by atoms with van der Waals surface area (Å²) in [6.07, 6.45) is 4.92. The van der Waals surface area contributed by atoms with E-state index in [4.69, 9.17) is 0 Å². The highest BCUT2D eigenvalue weighted by molar-refractivity contribution is 5.99. The molecule has 2 rings (SSSR count). The van der Waals surface area contributed by atoms with Crippen LogP contribution in [0.3, 0.4) is 0 Å². The van der Waals surface area contributed by atoms with Gasteiger partial charge in [-0.25, -0.2) is 0 Å². The minimum atomic E-state index is -0.367. The van der Waals surface area contributed by atoms with Gasteiger partial charge in [-0.2, -0.15) is 0 Å². The first kappa shape index (κ1) is 10.8. The summed E-state index contributed by atoms with van der Waals surface area (Å²) in [7, 11) is 0. The Morgan fingerprint density at radius 3 is 2.56 bits per heavy atom. The predicted octanol–water partition coefficient (Wildman–Crippen LogP) is 1.17. The molecule has 1 saturated heterocycles. The summed E-state index contributed by atoms with van der Waals surface area (Å²) in [5.41, 5.74) is 0.605. The Kier molecular flexibility index (Phi) is 2.73. The molecule has 1 aromatic rings. The first-order valence-electron chi connectivity index (χ1n) is 5.39. The molecule has 1 aliphatic rings. The van der Waals surface area contributed by atoms with Crippen LogP contribution in [0.5, 0.6) is 0 Å². The summed E-state index contributed by atoms with van der Waals surface area (Å²) in [6.45, 7) is 2.00. The monoisotopic (exact) mass is 218 g/mol. The third kappa shape index (κ3) is 1.83. The van der Waals surface area contributed by atoms with Gasteiger partial charge in [-0.15, -0.1) is 0 Å². The molecule has 2 heterocycles. The van der Waals surface area contributed by atoms with Crippen LogP contribution in [0.25, 0.3) is 0 Å². The fourth-order valence-electron chi connectivity index (χ4n) is 2.26. The first-order chi connectivity index (χ1) is 7.66. The summed E-state index contributed by atoms with van der Waals surface area (Å²) in [5.74, 6) is -0.385. The van der Waals surface area contributed by atoms with E-state index in [0.29, 0.717) is 12.8 Å². The van der Waals surface area contributed by atoms with Crippen molar-refractivity contribution in [2.24, 2.45) is 0 Å². The zero-order chi connectivity index (χ0) is 11.6. The standard InChI is InChI=1S/C12H14N2O2/c1-2-12(9-4-3-5-13-8-9)6-10(15)14-11(16)7-12/h3-5,8H,2,6-7H2,1H3,(H,14,15,16). The minimum Gasteiger partial charge on any atom is -0.296 e. The van der Waals surface area contributed by atoms with Crippen molar-refractivity contribution in [1.82, 2.24) is 10.3 Å². The van der Waals surface area contributed by atoms with Crippen LogP contribution in [-0.4, -0.2) is 16.8 Å². The molecule has 1 aromatic heterocycles. The zero-order valence-corrected chi connectivity index (χ0v) is 9.19. The maximum Gasteiger partial charge on any atom is 0.227 e. The molecule has 4 heteroatoms. The smallest absolute Gasteiger partial charge is 0.227 e. The summed E-state index contributed by atoms with van der Waals surface area (Å²) in [6, 6.07) is 3.77. The molecule has 0 saturated carbocycles. The van der Waals surface area contributed by atoms with Crippen molar-refractivity contribution in [2.75, 3.05) is 0 Å². The van der Waals surface area contributed by atoms with Gasteiger partial charge in [0.15, 0.2) is 0 Å². The van der Waals surface area contributed by atoms with E-state index < -0.39 is 0 Å². The lowest BCUT2D eigenvalue weighted by molar-refractivity contribution is -0.135. The van der Waals surface area contributed by atoms with Crippen LogP contribution in [0.2, 0.25) is 0 Å². The number of carbonyl (C=O) groups is 2. The van der Waals surface area contributed by atoms with E-state index in [0.717, 1.165) is 12.0 Å². The van der Waals surface area contributed by atoms with Crippen molar-refractivity contribution in [3.63, 3.8) is 0 Å². The first-order valence-corrected chi connectivity index (χ1v) is 5.39. The summed E-state index contributed by atoms with van der Waals surface area (Å²) < 4.78 is 0. The Labute approximate surface area is 94.1 Å². The second kappa shape index (κ2) is 4.04. The average molecular weight is 218 g/mol. The van der Waals surface area contributed by atoms with E-state index in [-0.39, 0.29) is 17.2 Å². The van der Waals surface area contributed by atoms with Gasteiger partial charge in [0.05, 0.1) is 0 Å². The SMILES string of the molecule is CCC1(c2cccnc2)CC(=O)NC(=O)C1. The number of rotatable bonds is 2. The maximum atomic E-state index is 11.5. The number of nitrogens with zero attached hydrogens (tertiary/aromatic N) is 1. The van der Waals surface area contributed by atoms with Crippen molar-refractivity contribution in [2.45, 2.75) is 31.6 Å². The van der Waals surface area contributed by atoms with E-state index >= 15 is 0 Å². The summed E-state index contributed by atoms with van der Waals surface area (Å²) >= 11 is 0. The van der Waals surface area contributed by atoms with Crippen LogP contribution in [0.1, 0.15) is 31.7 Å². The van der Waals surface area contributed by atoms with Gasteiger partial charge < -0.3 is 0 Å². The number of aromatic nitrogens is 1. The van der Waals surface area contributed by atoms with E-state index in [1.165, 1.54) is 0 Å². The quantitative estimate of drug-likeness (QED) is 0.758. The molecule has 0 atom stereocenters. The van der Waals surface area contributed by atoms with Gasteiger partial charge in [-0.05, 0) is 18.1 Å². The number of hydrogen-bond donors (Lipinski definition) is 1. The third-order valence-electron chi connectivity index (χ3n) is 3.23. The van der Waals surface area contributed by atoms with Gasteiger partial charge >= 0.3 is 0 Å². The van der Waals surface area contributed by atoms with Crippen LogP contribution in [0.15, 0.2) is 24.5 Å². The molecule has 0 radical (unpaired) electrons. The summed E-state index contributed by atoms with van der Waals surface area (Å²) in [5, 5.41) is 2.34. The topological polar surface area (TPSA) is 59.1 Å². The number of piperidine rings is 1. The van der Waals surface area contributed by atoms with Gasteiger partial charge in [0.2, 0.25) is 11.8 Å². The van der Waals surface area contributed by atoms with E-state index in [1.54, 1.807) is 12.4 Å². The summed E-state index contributed by atoms with van der Waals surface area (Å²) in [4.78, 5) is 27.0. The van der Waals surface area contributed by atoms with E-state index in [2.05, 4.69) is 10.3 Å². The molecule has 4 nitrogen and oxygen atoms in total. The van der Waals surface area contributed by atoms with Crippen molar-refractivity contribution in [3.8, 4) is 0 Å². The molecule has 0 bridgehead atoms. The second-order valence-corrected chi connectivity index (χ2v) is 4.20. The molecule has 2 amide bonds. The Bertz CT molecular complexity index is 398. The normalized spacial score (nSPS) is 19.3. The van der Waals surface area contributed by atoms with Crippen molar-refractivity contribution >= 4 is 11.8 Å². The lowest BCUT2D eigenvalue weighted by Crippen LogP contribution is -2.46. The third-order valence-corrected chi connectivity index (χ3v) is 3.23. The highest BCUT2D eigenvalue weighted by Gasteiger charge is 2.39. The molecular formula is C12H14N2O2. The number of amides is 2. The van der Waals surface area contributed by atoms with Gasteiger partial charge in [-0.1, -0.05) is 13.0 Å². The van der Waals surface area contributed by atoms with Gasteiger partial charge in [0.25, 0.3) is 0 Å². The number of pyridine rings is 1. The molecule has 0 aromatic carbocycles. The van der Waals surface area contributed by atoms with Crippen LogP contribution in [0.4, 0.5) is 0 Å². The highest BCUT2D eigenvalue weighted by atomic mass is 16.2. The van der Waals surface area contributed by atoms with Crippen LogP contribution < -0.4 is 5.32 Å². The largest absolute Gasteiger partial charge is 0.296 e. The minimum absolute atomic E-state index is 0.193. The van der Waals surface area contributed by atoms with E-state index in [9.17, 15) is 9.59 Å². The van der Waals surface area contributed by atoms with Gasteiger partial charge in [0, 0.05) is 30.7 Å². The average Bonchev–Trinajstić information content (AvgIpc) is 2.29. The second-order valence-electron chi connectivity index (χ2n) is 4.20. The Hall–Kier alpha value is -1.71. The lowest BCUT2D eigenvalue weighted by Gasteiger charge is -2.35. The number of hydrogen-bond acceptors (Lipinski definition) is 3. The van der Waals surface area contributed by atoms with Crippen molar-refractivity contribution in [3.05, 3.63) is 30.1 Å². The molecular weight excluding hydrogens is 204 g/mol. The molecule has 1 N–H and O–H groups in total. The lowest BCUT2D eigenvalue weighted by atomic mass is 9.71. The molecule has 84 valence electrons. The van der Waals surface area contributed by atoms with Crippen LogP contribution in [0, 0.1) is 0 Å². The Balaban J connectivity index is 2.39. The van der Waals surface area contributed by atoms with Crippen LogP contribution in [-0.2, 0) is 15.0 Å². The molecule has 0 spiro atoms. The van der Waals surface area contributed by atoms with Crippen molar-refractivity contribution in [1.29, 1.82) is 0 Å². The van der Waals surface area contributed by atoms with Gasteiger partial charge in [0.1, 0.15) is 0 Å². The number of carbonyl (C=O) groups excluding carboxylic acids is 2. The Morgan fingerprint density at radius 1 is 1.38 bits per heavy atom. The highest BCUT2D eigenvalue weighted by Crippen LogP contribution is 2.36. The molecule has 1 fully saturated rings. The molecule has 0 unspecified atom stereocenters. The van der Waals surface area contributed by atoms with Crippen molar-refractivity contribution < 1.29 is 9.59 Å². The van der Waals surface area contributed by atoms with Gasteiger partial charge in [-0.3, -0.25) is 19.9 Å². The number of imide groups is 1. The number of nitrogens with one attached hydrogen (secondary N) is 1. The Morgan fingerprint density at radius 2 is 2.06 bits per heavy atom. The fraction of sp³-hybridized carbons (Fsp3) is 0.417.